The van der Waals surface area contributed by atoms with Gasteiger partial charge in [-0.25, -0.2) is 0 Å². The van der Waals surface area contributed by atoms with E-state index in [0.717, 1.165) is 5.56 Å². The second kappa shape index (κ2) is 4.84. The number of esters is 1. The minimum Gasteiger partial charge on any atom is -0.463 e. The molecule has 72 valence electrons. The highest BCUT2D eigenvalue weighted by molar-refractivity contribution is 6.23. The maximum atomic E-state index is 11.4. The van der Waals surface area contributed by atoms with Gasteiger partial charge in [-0.05, 0) is 19.4 Å². The molecule has 1 aromatic carbocycles. The molecule has 0 fully saturated rings. The smallest absolute Gasteiger partial charge is 0.304 e. The van der Waals surface area contributed by atoms with Crippen molar-refractivity contribution >= 4 is 13.8 Å². The molecule has 0 aliphatic heterocycles. The van der Waals surface area contributed by atoms with Gasteiger partial charge in [-0.3, -0.25) is 4.79 Å². The molecule has 1 atom stereocenters. The fourth-order valence-corrected chi connectivity index (χ4v) is 1.10. The van der Waals surface area contributed by atoms with Gasteiger partial charge in [0.2, 0.25) is 0 Å². The van der Waals surface area contributed by atoms with Gasteiger partial charge >= 0.3 is 5.97 Å². The molecule has 0 N–H and O–H groups in total. The molecule has 1 aromatic rings. The molecule has 14 heavy (non-hydrogen) atoms. The lowest BCUT2D eigenvalue weighted by Crippen LogP contribution is -2.19. The summed E-state index contributed by atoms with van der Waals surface area (Å²) in [5.74, 6) is -1.06. The van der Waals surface area contributed by atoms with Crippen molar-refractivity contribution in [3.8, 4) is 0 Å². The Morgan fingerprint density at radius 3 is 2.36 bits per heavy atom. The minimum absolute atomic E-state index is 0.128. The van der Waals surface area contributed by atoms with Gasteiger partial charge in [-0.1, -0.05) is 30.3 Å². The lowest BCUT2D eigenvalue weighted by Gasteiger charge is -2.14. The van der Waals surface area contributed by atoms with Crippen molar-refractivity contribution in [1.29, 1.82) is 0 Å². The fraction of sp³-hybridized carbons (Fsp3) is 0.364. The molecule has 0 aliphatic rings. The zero-order chi connectivity index (χ0) is 10.6. The number of rotatable bonds is 3. The second-order valence-electron chi connectivity index (χ2n) is 3.37. The summed E-state index contributed by atoms with van der Waals surface area (Å²) in [5.41, 5.74) is 0.776. The predicted octanol–water partition coefficient (Wildman–Crippen LogP) is 1.85. The first kappa shape index (κ1) is 10.8. The van der Waals surface area contributed by atoms with E-state index >= 15 is 0 Å². The van der Waals surface area contributed by atoms with E-state index < -0.39 is 5.82 Å². The third-order valence-electron chi connectivity index (χ3n) is 1.76. The average Bonchev–Trinajstić information content (AvgIpc) is 2.17. The van der Waals surface area contributed by atoms with Crippen LogP contribution in [0.3, 0.4) is 0 Å². The predicted molar refractivity (Wildman–Crippen MR) is 56.2 cm³/mol. The highest BCUT2D eigenvalue weighted by Crippen LogP contribution is 2.13. The molecule has 0 unspecified atom stereocenters. The second-order valence-corrected chi connectivity index (χ2v) is 3.37. The van der Waals surface area contributed by atoms with Crippen molar-refractivity contribution in [2.45, 2.75) is 25.8 Å². The number of carbonyl (C=O) groups is 1. The van der Waals surface area contributed by atoms with Gasteiger partial charge < -0.3 is 4.74 Å². The fourth-order valence-electron chi connectivity index (χ4n) is 1.10. The van der Waals surface area contributed by atoms with Gasteiger partial charge in [0, 0.05) is 5.82 Å². The normalized spacial score (nSPS) is 12.5. The lowest BCUT2D eigenvalue weighted by molar-refractivity contribution is -0.147. The van der Waals surface area contributed by atoms with Crippen LogP contribution in [0.5, 0.6) is 0 Å². The van der Waals surface area contributed by atoms with Gasteiger partial charge in [0.15, 0.2) is 0 Å². The molecule has 0 spiro atoms. The van der Waals surface area contributed by atoms with Gasteiger partial charge in [0.1, 0.15) is 0 Å². The summed E-state index contributed by atoms with van der Waals surface area (Å²) in [6.45, 7) is 3.60. The average molecular weight is 188 g/mol. The molecule has 1 rings (SSSR count). The number of carbonyl (C=O) groups excluding carboxylic acids is 1. The van der Waals surface area contributed by atoms with Crippen LogP contribution >= 0.6 is 0 Å². The first-order chi connectivity index (χ1) is 6.61. The summed E-state index contributed by atoms with van der Waals surface area (Å²) in [6.07, 6.45) is -0.128. The molecule has 0 saturated carbocycles. The van der Waals surface area contributed by atoms with Crippen LogP contribution in [0.25, 0.3) is 0 Å². The van der Waals surface area contributed by atoms with Crippen molar-refractivity contribution in [3.05, 3.63) is 35.9 Å². The maximum absolute atomic E-state index is 11.4. The molecule has 0 heterocycles. The summed E-state index contributed by atoms with van der Waals surface area (Å²) in [5, 5.41) is 0. The zero-order valence-corrected chi connectivity index (χ0v) is 8.44. The Hall–Kier alpha value is -1.25. The number of hydrogen-bond donors (Lipinski definition) is 0. The van der Waals surface area contributed by atoms with Crippen molar-refractivity contribution < 1.29 is 9.53 Å². The van der Waals surface area contributed by atoms with E-state index in [0.29, 0.717) is 0 Å². The van der Waals surface area contributed by atoms with Crippen LogP contribution < -0.4 is 0 Å². The van der Waals surface area contributed by atoms with Crippen LogP contribution in [0.15, 0.2) is 30.3 Å². The van der Waals surface area contributed by atoms with Gasteiger partial charge in [0.25, 0.3) is 0 Å². The van der Waals surface area contributed by atoms with Gasteiger partial charge in [-0.15, -0.1) is 0 Å². The quantitative estimate of drug-likeness (QED) is 0.534. The Morgan fingerprint density at radius 2 is 1.86 bits per heavy atom. The van der Waals surface area contributed by atoms with E-state index in [1.54, 1.807) is 13.8 Å². The van der Waals surface area contributed by atoms with Crippen LogP contribution in [0.1, 0.15) is 25.2 Å². The lowest BCUT2D eigenvalue weighted by atomic mass is 9.81. The first-order valence-electron chi connectivity index (χ1n) is 4.62. The molecule has 0 bridgehead atoms. The Bertz CT molecular complexity index is 295. The van der Waals surface area contributed by atoms with Crippen LogP contribution in [-0.2, 0) is 9.53 Å². The minimum atomic E-state index is -0.682. The summed E-state index contributed by atoms with van der Waals surface area (Å²) >= 11 is 0. The molecule has 0 aromatic heterocycles. The molecule has 0 saturated heterocycles. The Balaban J connectivity index is 2.66. The van der Waals surface area contributed by atoms with E-state index in [1.165, 1.54) is 0 Å². The topological polar surface area (TPSA) is 26.3 Å². The molecular weight excluding hydrogens is 175 g/mol. The highest BCUT2D eigenvalue weighted by atomic mass is 16.5. The highest BCUT2D eigenvalue weighted by Gasteiger charge is 2.16. The molecular formula is C11H13BO2. The van der Waals surface area contributed by atoms with Crippen molar-refractivity contribution in [1.82, 2.24) is 0 Å². The van der Waals surface area contributed by atoms with Crippen LogP contribution in [0, 0.1) is 0 Å². The molecule has 2 nitrogen and oxygen atoms in total. The standard InChI is InChI=1S/C11H13BO2/c1-8(2)14-11(13)10(12)9-6-4-3-5-7-9/h3-8,10H,1-2H3/t10-/m1/s1. The van der Waals surface area contributed by atoms with E-state index in [-0.39, 0.29) is 12.1 Å². The third-order valence-corrected chi connectivity index (χ3v) is 1.76. The van der Waals surface area contributed by atoms with Crippen LogP contribution in [-0.4, -0.2) is 19.9 Å². The maximum Gasteiger partial charge on any atom is 0.304 e. The third kappa shape index (κ3) is 2.91. The number of ether oxygens (including phenoxy) is 1. The van der Waals surface area contributed by atoms with E-state index in [1.807, 2.05) is 30.3 Å². The van der Waals surface area contributed by atoms with Gasteiger partial charge in [0.05, 0.1) is 14.0 Å². The molecule has 0 aliphatic carbocycles. The Kier molecular flexibility index (Phi) is 3.75. The van der Waals surface area contributed by atoms with E-state index in [4.69, 9.17) is 12.6 Å². The Labute approximate surface area is 85.7 Å². The molecule has 3 heteroatoms. The van der Waals surface area contributed by atoms with Crippen molar-refractivity contribution in [2.24, 2.45) is 0 Å². The van der Waals surface area contributed by atoms with Crippen molar-refractivity contribution in [3.63, 3.8) is 0 Å². The Morgan fingerprint density at radius 1 is 1.29 bits per heavy atom. The number of benzene rings is 1. The van der Waals surface area contributed by atoms with Gasteiger partial charge in [-0.2, -0.15) is 0 Å². The number of hydrogen-bond acceptors (Lipinski definition) is 2. The summed E-state index contributed by atoms with van der Waals surface area (Å²) < 4.78 is 5.00. The molecule has 0 amide bonds. The summed E-state index contributed by atoms with van der Waals surface area (Å²) in [7, 11) is 5.71. The SMILES string of the molecule is [B][C@@H](C(=O)OC(C)C)c1ccccc1. The zero-order valence-electron chi connectivity index (χ0n) is 8.44. The van der Waals surface area contributed by atoms with Crippen molar-refractivity contribution in [2.75, 3.05) is 0 Å². The van der Waals surface area contributed by atoms with Crippen LogP contribution in [0.2, 0.25) is 0 Å². The molecule has 2 radical (unpaired) electrons. The van der Waals surface area contributed by atoms with E-state index in [2.05, 4.69) is 0 Å². The largest absolute Gasteiger partial charge is 0.463 e. The monoisotopic (exact) mass is 188 g/mol. The van der Waals surface area contributed by atoms with Crippen LogP contribution in [0.4, 0.5) is 0 Å². The summed E-state index contributed by atoms with van der Waals surface area (Å²) in [4.78, 5) is 11.4. The van der Waals surface area contributed by atoms with E-state index in [9.17, 15) is 4.79 Å². The summed E-state index contributed by atoms with van der Waals surface area (Å²) in [6, 6.07) is 9.19. The first-order valence-corrected chi connectivity index (χ1v) is 4.62.